The molecule has 0 fully saturated rings. The third kappa shape index (κ3) is 65.5. The summed E-state index contributed by atoms with van der Waals surface area (Å²) in [6.07, 6.45) is 99.3. The number of esters is 3. The minimum atomic E-state index is -0.826. The van der Waals surface area contributed by atoms with Crippen molar-refractivity contribution < 1.29 is 28.6 Å². The second-order valence-electron chi connectivity index (χ2n) is 20.9. The maximum absolute atomic E-state index is 12.9. The van der Waals surface area contributed by atoms with Gasteiger partial charge >= 0.3 is 17.9 Å². The van der Waals surface area contributed by atoms with Gasteiger partial charge in [0.25, 0.3) is 0 Å². The van der Waals surface area contributed by atoms with Crippen LogP contribution in [0.4, 0.5) is 0 Å². The van der Waals surface area contributed by atoms with Gasteiger partial charge < -0.3 is 14.2 Å². The van der Waals surface area contributed by atoms with Crippen molar-refractivity contribution in [2.24, 2.45) is 0 Å². The predicted octanol–water partition coefficient (Wildman–Crippen LogP) is 22.7. The maximum Gasteiger partial charge on any atom is 0.306 e. The molecule has 0 aliphatic carbocycles. The van der Waals surface area contributed by atoms with Crippen LogP contribution in [0.25, 0.3) is 0 Å². The van der Waals surface area contributed by atoms with Crippen molar-refractivity contribution in [2.45, 2.75) is 271 Å². The van der Waals surface area contributed by atoms with Gasteiger partial charge in [0.2, 0.25) is 0 Å². The number of allylic oxidation sites excluding steroid dienone is 28. The van der Waals surface area contributed by atoms with Crippen LogP contribution in [-0.4, -0.2) is 37.2 Å². The van der Waals surface area contributed by atoms with E-state index in [9.17, 15) is 14.4 Å². The van der Waals surface area contributed by atoms with Gasteiger partial charge in [-0.3, -0.25) is 14.4 Å². The Hall–Kier alpha value is -5.23. The lowest BCUT2D eigenvalue weighted by atomic mass is 10.1. The average Bonchev–Trinajstić information content (AvgIpc) is 3.47. The van der Waals surface area contributed by atoms with Crippen molar-refractivity contribution in [2.75, 3.05) is 13.2 Å². The molecule has 0 spiro atoms. The van der Waals surface area contributed by atoms with Crippen LogP contribution in [0.15, 0.2) is 170 Å². The molecule has 81 heavy (non-hydrogen) atoms. The van der Waals surface area contributed by atoms with E-state index in [-0.39, 0.29) is 44.0 Å². The molecule has 0 aromatic heterocycles. The van der Waals surface area contributed by atoms with Crippen LogP contribution in [0.3, 0.4) is 0 Å². The normalized spacial score (nSPS) is 13.3. The summed E-state index contributed by atoms with van der Waals surface area (Å²) in [5, 5.41) is 0. The quantitative estimate of drug-likeness (QED) is 0.0261. The van der Waals surface area contributed by atoms with E-state index in [1.807, 2.05) is 0 Å². The zero-order valence-electron chi connectivity index (χ0n) is 52.0. The molecule has 6 nitrogen and oxygen atoms in total. The van der Waals surface area contributed by atoms with Gasteiger partial charge in [0.1, 0.15) is 13.2 Å². The molecular formula is C75H118O6. The Balaban J connectivity index is 4.54. The standard InChI is InChI=1S/C75H118O6/c1-4-7-10-13-16-19-22-25-28-31-33-35-36-37-38-40-41-44-47-50-53-56-59-62-65-68-74(77)80-71-72(70-79-73(76)67-64-61-58-55-52-49-46-43-30-27-24-21-18-15-12-9-6-3)81-75(78)69-66-63-60-57-54-51-48-45-42-39-34-32-29-26-23-20-17-14-11-8-5-2/h7,9-10,12,16,18-19,21,23,25-28,30,32-35,37-38,41-42,44-46,49,55,58,72H,4-6,8,11,13-15,17,20,22,24,29,31,36,39-40,43,47-48,50-54,56-57,59-71H2,1-3H3/b10-7-,12-9-,19-16-,21-18-,26-23-,28-25-,30-27-,34-32-,35-33-,38-37-,44-41-,45-42-,49-46-,58-55-. The molecule has 0 saturated carbocycles. The summed E-state index contributed by atoms with van der Waals surface area (Å²) in [4.78, 5) is 38.4. The summed E-state index contributed by atoms with van der Waals surface area (Å²) in [5.41, 5.74) is 0. The monoisotopic (exact) mass is 1110 g/mol. The highest BCUT2D eigenvalue weighted by Gasteiger charge is 2.19. The number of unbranched alkanes of at least 4 members (excludes halogenated alkanes) is 18. The van der Waals surface area contributed by atoms with Gasteiger partial charge in [-0.2, -0.15) is 0 Å². The minimum Gasteiger partial charge on any atom is -0.462 e. The summed E-state index contributed by atoms with van der Waals surface area (Å²) in [5.74, 6) is -1.01. The van der Waals surface area contributed by atoms with Crippen molar-refractivity contribution in [3.63, 3.8) is 0 Å². The SMILES string of the molecule is CC/C=C\C/C=C\C/C=C\C/C=C\C/C=C\C/C=C\CCCCCCCCC(=O)OCC(COC(=O)CCC/C=C\C/C=C\C/C=C\C/C=C\C/C=C\CC)OC(=O)CCCCCCCC/C=C\C/C=C\C/C=C\CCCCCCC. The Kier molecular flexibility index (Phi) is 62.9. The molecule has 0 heterocycles. The molecule has 0 bridgehead atoms. The smallest absolute Gasteiger partial charge is 0.306 e. The lowest BCUT2D eigenvalue weighted by molar-refractivity contribution is -0.167. The van der Waals surface area contributed by atoms with Gasteiger partial charge in [-0.15, -0.1) is 0 Å². The molecule has 0 N–H and O–H groups in total. The number of hydrogen-bond acceptors (Lipinski definition) is 6. The Morgan fingerprint density at radius 3 is 0.802 bits per heavy atom. The topological polar surface area (TPSA) is 78.9 Å². The van der Waals surface area contributed by atoms with Crippen molar-refractivity contribution >= 4 is 17.9 Å². The van der Waals surface area contributed by atoms with E-state index in [1.165, 1.54) is 64.2 Å². The highest BCUT2D eigenvalue weighted by atomic mass is 16.6. The molecule has 0 aromatic carbocycles. The van der Waals surface area contributed by atoms with E-state index in [4.69, 9.17) is 14.2 Å². The molecule has 0 aromatic rings. The van der Waals surface area contributed by atoms with E-state index < -0.39 is 6.10 Å². The van der Waals surface area contributed by atoms with Crippen LogP contribution in [-0.2, 0) is 28.6 Å². The fourth-order valence-corrected chi connectivity index (χ4v) is 8.37. The van der Waals surface area contributed by atoms with Crippen LogP contribution < -0.4 is 0 Å². The lowest BCUT2D eigenvalue weighted by Crippen LogP contribution is -2.30. The van der Waals surface area contributed by atoms with Crippen molar-refractivity contribution in [1.29, 1.82) is 0 Å². The van der Waals surface area contributed by atoms with Crippen LogP contribution in [0.5, 0.6) is 0 Å². The molecule has 454 valence electrons. The van der Waals surface area contributed by atoms with Gasteiger partial charge in [-0.25, -0.2) is 0 Å². The molecule has 0 aliphatic rings. The second kappa shape index (κ2) is 67.3. The van der Waals surface area contributed by atoms with Gasteiger partial charge in [0.05, 0.1) is 0 Å². The van der Waals surface area contributed by atoms with Gasteiger partial charge in [0.15, 0.2) is 6.10 Å². The first-order valence-electron chi connectivity index (χ1n) is 32.6. The van der Waals surface area contributed by atoms with Crippen molar-refractivity contribution in [3.05, 3.63) is 170 Å². The fourth-order valence-electron chi connectivity index (χ4n) is 8.37. The van der Waals surface area contributed by atoms with Crippen LogP contribution >= 0.6 is 0 Å². The first-order chi connectivity index (χ1) is 40.0. The zero-order valence-corrected chi connectivity index (χ0v) is 52.0. The number of carbonyl (C=O) groups excluding carboxylic acids is 3. The number of carbonyl (C=O) groups is 3. The number of rotatable bonds is 57. The highest BCUT2D eigenvalue weighted by Crippen LogP contribution is 2.14. The summed E-state index contributed by atoms with van der Waals surface area (Å²) in [6.45, 7) is 6.33. The highest BCUT2D eigenvalue weighted by molar-refractivity contribution is 5.71. The molecule has 1 unspecified atom stereocenters. The summed E-state index contributed by atoms with van der Waals surface area (Å²) in [7, 11) is 0. The first kappa shape index (κ1) is 75.8. The van der Waals surface area contributed by atoms with Gasteiger partial charge in [0, 0.05) is 19.3 Å². The maximum atomic E-state index is 12.9. The molecule has 0 rings (SSSR count). The second-order valence-corrected chi connectivity index (χ2v) is 20.9. The van der Waals surface area contributed by atoms with Gasteiger partial charge in [-0.05, 0) is 148 Å². The Bertz CT molecular complexity index is 1860. The van der Waals surface area contributed by atoms with Crippen LogP contribution in [0, 0.1) is 0 Å². The Labute approximate surface area is 498 Å². The molecule has 0 amide bonds. The third-order valence-corrected chi connectivity index (χ3v) is 13.2. The molecule has 0 radical (unpaired) electrons. The Morgan fingerprint density at radius 1 is 0.259 bits per heavy atom. The van der Waals surface area contributed by atoms with E-state index >= 15 is 0 Å². The molecule has 0 aliphatic heterocycles. The molecule has 6 heteroatoms. The van der Waals surface area contributed by atoms with E-state index in [0.717, 1.165) is 154 Å². The van der Waals surface area contributed by atoms with E-state index in [0.29, 0.717) is 12.8 Å². The minimum absolute atomic E-state index is 0.117. The number of ether oxygens (including phenoxy) is 3. The predicted molar refractivity (Wildman–Crippen MR) is 352 cm³/mol. The van der Waals surface area contributed by atoms with Crippen LogP contribution in [0.2, 0.25) is 0 Å². The first-order valence-corrected chi connectivity index (χ1v) is 32.6. The summed E-state index contributed by atoms with van der Waals surface area (Å²) < 4.78 is 16.9. The fraction of sp³-hybridized carbons (Fsp3) is 0.587. The average molecular weight is 1120 g/mol. The van der Waals surface area contributed by atoms with Crippen molar-refractivity contribution in [3.8, 4) is 0 Å². The van der Waals surface area contributed by atoms with Crippen molar-refractivity contribution in [1.82, 2.24) is 0 Å². The Morgan fingerprint density at radius 2 is 0.494 bits per heavy atom. The number of hydrogen-bond donors (Lipinski definition) is 0. The van der Waals surface area contributed by atoms with E-state index in [2.05, 4.69) is 191 Å². The van der Waals surface area contributed by atoms with Gasteiger partial charge in [-0.1, -0.05) is 268 Å². The molecule has 1 atom stereocenters. The third-order valence-electron chi connectivity index (χ3n) is 13.2. The lowest BCUT2D eigenvalue weighted by Gasteiger charge is -2.18. The van der Waals surface area contributed by atoms with Crippen LogP contribution in [0.1, 0.15) is 265 Å². The summed E-state index contributed by atoms with van der Waals surface area (Å²) in [6, 6.07) is 0. The molecular weight excluding hydrogens is 997 g/mol. The summed E-state index contributed by atoms with van der Waals surface area (Å²) >= 11 is 0. The zero-order chi connectivity index (χ0) is 58.5. The van der Waals surface area contributed by atoms with E-state index in [1.54, 1.807) is 0 Å². The molecule has 0 saturated heterocycles. The largest absolute Gasteiger partial charge is 0.462 e.